The Bertz CT molecular complexity index is 886. The normalized spacial score (nSPS) is 15.4. The molecule has 0 saturated carbocycles. The van der Waals surface area contributed by atoms with Gasteiger partial charge in [-0.05, 0) is 55.1 Å². The summed E-state index contributed by atoms with van der Waals surface area (Å²) in [5.41, 5.74) is 4.30. The first-order valence-electron chi connectivity index (χ1n) is 9.11. The molecule has 4 nitrogen and oxygen atoms in total. The van der Waals surface area contributed by atoms with Gasteiger partial charge in [-0.15, -0.1) is 0 Å². The van der Waals surface area contributed by atoms with Gasteiger partial charge in [0.25, 0.3) is 0 Å². The molecule has 1 N–H and O–H groups in total. The molecule has 1 aromatic heterocycles. The molecule has 1 aliphatic heterocycles. The highest BCUT2D eigenvalue weighted by Crippen LogP contribution is 2.28. The summed E-state index contributed by atoms with van der Waals surface area (Å²) in [6, 6.07) is 16.4. The number of rotatable bonds is 4. The maximum atomic E-state index is 6.16. The van der Waals surface area contributed by atoms with Crippen molar-refractivity contribution in [3.05, 3.63) is 59.8 Å². The number of fused-ring (bicyclic) bond motifs is 1. The predicted molar refractivity (Wildman–Crippen MR) is 111 cm³/mol. The van der Waals surface area contributed by atoms with E-state index >= 15 is 0 Å². The minimum Gasteiger partial charge on any atom is -0.369 e. The highest BCUT2D eigenvalue weighted by atomic mass is 35.5. The van der Waals surface area contributed by atoms with Crippen molar-refractivity contribution in [2.24, 2.45) is 0 Å². The third-order valence-electron chi connectivity index (χ3n) is 5.03. The van der Waals surface area contributed by atoms with Gasteiger partial charge in [-0.25, -0.2) is 0 Å². The molecule has 1 fully saturated rings. The van der Waals surface area contributed by atoms with Gasteiger partial charge >= 0.3 is 0 Å². The standard InChI is InChI=1S/C21H23ClN4/c1-2-25-11-13-26(14-12-25)18-6-4-17(5-7-18)24-21-9-10-23-20-8-3-16(22)15-19(20)21/h3-10,15H,2,11-14H2,1H3,(H,23,24). The molecule has 0 bridgehead atoms. The van der Waals surface area contributed by atoms with Crippen LogP contribution in [0.3, 0.4) is 0 Å². The van der Waals surface area contributed by atoms with E-state index in [0.29, 0.717) is 0 Å². The first kappa shape index (κ1) is 17.1. The van der Waals surface area contributed by atoms with Crippen LogP contribution < -0.4 is 10.2 Å². The summed E-state index contributed by atoms with van der Waals surface area (Å²) in [5.74, 6) is 0. The molecule has 0 spiro atoms. The maximum absolute atomic E-state index is 6.16. The Balaban J connectivity index is 1.51. The van der Waals surface area contributed by atoms with E-state index in [1.165, 1.54) is 5.69 Å². The van der Waals surface area contributed by atoms with Crippen LogP contribution in [-0.2, 0) is 0 Å². The lowest BCUT2D eigenvalue weighted by molar-refractivity contribution is 0.271. The summed E-state index contributed by atoms with van der Waals surface area (Å²) in [4.78, 5) is 9.35. The van der Waals surface area contributed by atoms with Crippen molar-refractivity contribution in [2.45, 2.75) is 6.92 Å². The zero-order valence-corrected chi connectivity index (χ0v) is 15.7. The third kappa shape index (κ3) is 3.62. The van der Waals surface area contributed by atoms with Gasteiger partial charge in [0.15, 0.2) is 0 Å². The van der Waals surface area contributed by atoms with Gasteiger partial charge in [0.1, 0.15) is 0 Å². The van der Waals surface area contributed by atoms with Crippen LogP contribution in [-0.4, -0.2) is 42.6 Å². The molecule has 5 heteroatoms. The number of hydrogen-bond acceptors (Lipinski definition) is 4. The predicted octanol–water partition coefficient (Wildman–Crippen LogP) is 4.77. The molecule has 0 unspecified atom stereocenters. The second kappa shape index (κ2) is 7.52. The molecule has 0 aliphatic carbocycles. The maximum Gasteiger partial charge on any atom is 0.0723 e. The third-order valence-corrected chi connectivity index (χ3v) is 5.27. The average Bonchev–Trinajstić information content (AvgIpc) is 2.69. The summed E-state index contributed by atoms with van der Waals surface area (Å²) < 4.78 is 0. The summed E-state index contributed by atoms with van der Waals surface area (Å²) in [6.07, 6.45) is 1.82. The largest absolute Gasteiger partial charge is 0.369 e. The van der Waals surface area contributed by atoms with Crippen molar-refractivity contribution in [1.29, 1.82) is 0 Å². The number of likely N-dealkylation sites (N-methyl/N-ethyl adjacent to an activating group) is 1. The fourth-order valence-electron chi connectivity index (χ4n) is 3.46. The SMILES string of the molecule is CCN1CCN(c2ccc(Nc3ccnc4ccc(Cl)cc34)cc2)CC1. The Morgan fingerprint density at radius 1 is 1.00 bits per heavy atom. The minimum absolute atomic E-state index is 0.718. The summed E-state index contributed by atoms with van der Waals surface area (Å²) in [5, 5.41) is 5.24. The summed E-state index contributed by atoms with van der Waals surface area (Å²) >= 11 is 6.16. The zero-order valence-electron chi connectivity index (χ0n) is 15.0. The lowest BCUT2D eigenvalue weighted by Gasteiger charge is -2.35. The summed E-state index contributed by atoms with van der Waals surface area (Å²) in [7, 11) is 0. The molecule has 2 aromatic carbocycles. The van der Waals surface area contributed by atoms with Gasteiger partial charge in [0, 0.05) is 59.8 Å². The smallest absolute Gasteiger partial charge is 0.0723 e. The molecule has 1 saturated heterocycles. The highest BCUT2D eigenvalue weighted by molar-refractivity contribution is 6.31. The molecule has 3 aromatic rings. The molecular weight excluding hydrogens is 344 g/mol. The van der Waals surface area contributed by atoms with E-state index in [-0.39, 0.29) is 0 Å². The number of piperazine rings is 1. The van der Waals surface area contributed by atoms with Gasteiger partial charge in [0.05, 0.1) is 5.52 Å². The van der Waals surface area contributed by atoms with Crippen LogP contribution in [0, 0.1) is 0 Å². The van der Waals surface area contributed by atoms with E-state index in [4.69, 9.17) is 11.6 Å². The van der Waals surface area contributed by atoms with Crippen LogP contribution in [0.25, 0.3) is 10.9 Å². The molecule has 2 heterocycles. The molecule has 4 rings (SSSR count). The van der Waals surface area contributed by atoms with Crippen molar-refractivity contribution < 1.29 is 0 Å². The van der Waals surface area contributed by atoms with E-state index in [9.17, 15) is 0 Å². The molecule has 0 amide bonds. The van der Waals surface area contributed by atoms with Gasteiger partial charge in [-0.3, -0.25) is 4.98 Å². The number of pyridine rings is 1. The number of nitrogens with one attached hydrogen (secondary N) is 1. The van der Waals surface area contributed by atoms with Crippen LogP contribution in [0.5, 0.6) is 0 Å². The second-order valence-corrected chi connectivity index (χ2v) is 7.05. The molecule has 134 valence electrons. The zero-order chi connectivity index (χ0) is 17.9. The fraction of sp³-hybridized carbons (Fsp3) is 0.286. The number of halogens is 1. The van der Waals surface area contributed by atoms with E-state index in [0.717, 1.165) is 60.0 Å². The van der Waals surface area contributed by atoms with Gasteiger partial charge < -0.3 is 15.1 Å². The Hall–Kier alpha value is -2.30. The topological polar surface area (TPSA) is 31.4 Å². The average molecular weight is 367 g/mol. The number of nitrogens with zero attached hydrogens (tertiary/aromatic N) is 3. The van der Waals surface area contributed by atoms with Gasteiger partial charge in [-0.2, -0.15) is 0 Å². The summed E-state index contributed by atoms with van der Waals surface area (Å²) in [6.45, 7) is 7.83. The number of aromatic nitrogens is 1. The van der Waals surface area contributed by atoms with E-state index in [1.54, 1.807) is 0 Å². The quantitative estimate of drug-likeness (QED) is 0.720. The van der Waals surface area contributed by atoms with E-state index in [1.807, 2.05) is 30.5 Å². The van der Waals surface area contributed by atoms with Crippen LogP contribution in [0.1, 0.15) is 6.92 Å². The minimum atomic E-state index is 0.718. The fourth-order valence-corrected chi connectivity index (χ4v) is 3.63. The second-order valence-electron chi connectivity index (χ2n) is 6.61. The van der Waals surface area contributed by atoms with Crippen molar-refractivity contribution >= 4 is 39.6 Å². The first-order chi connectivity index (χ1) is 12.7. The van der Waals surface area contributed by atoms with Crippen LogP contribution >= 0.6 is 11.6 Å². The van der Waals surface area contributed by atoms with Gasteiger partial charge in [0.2, 0.25) is 0 Å². The Kier molecular flexibility index (Phi) is 4.96. The van der Waals surface area contributed by atoms with E-state index in [2.05, 4.69) is 51.3 Å². The van der Waals surface area contributed by atoms with Crippen LogP contribution in [0.4, 0.5) is 17.1 Å². The molecule has 26 heavy (non-hydrogen) atoms. The van der Waals surface area contributed by atoms with Crippen molar-refractivity contribution in [1.82, 2.24) is 9.88 Å². The highest BCUT2D eigenvalue weighted by Gasteiger charge is 2.15. The van der Waals surface area contributed by atoms with E-state index < -0.39 is 0 Å². The lowest BCUT2D eigenvalue weighted by Crippen LogP contribution is -2.46. The number of benzene rings is 2. The molecule has 0 radical (unpaired) electrons. The van der Waals surface area contributed by atoms with Crippen molar-refractivity contribution in [3.8, 4) is 0 Å². The molecule has 1 aliphatic rings. The Morgan fingerprint density at radius 2 is 1.77 bits per heavy atom. The number of anilines is 3. The van der Waals surface area contributed by atoms with Crippen molar-refractivity contribution in [2.75, 3.05) is 42.9 Å². The van der Waals surface area contributed by atoms with Gasteiger partial charge in [-0.1, -0.05) is 18.5 Å². The Labute approximate surface area is 159 Å². The molecule has 0 atom stereocenters. The monoisotopic (exact) mass is 366 g/mol. The Morgan fingerprint density at radius 3 is 2.50 bits per heavy atom. The molecular formula is C21H23ClN4. The lowest BCUT2D eigenvalue weighted by atomic mass is 10.1. The first-order valence-corrected chi connectivity index (χ1v) is 9.49. The van der Waals surface area contributed by atoms with Crippen LogP contribution in [0.2, 0.25) is 5.02 Å². The van der Waals surface area contributed by atoms with Crippen molar-refractivity contribution in [3.63, 3.8) is 0 Å². The van der Waals surface area contributed by atoms with Crippen LogP contribution in [0.15, 0.2) is 54.7 Å². The number of hydrogen-bond donors (Lipinski definition) is 1.